The Morgan fingerprint density at radius 1 is 1.33 bits per heavy atom. The van der Waals surface area contributed by atoms with Crippen molar-refractivity contribution in [3.63, 3.8) is 0 Å². The van der Waals surface area contributed by atoms with Gasteiger partial charge in [-0.05, 0) is 39.6 Å². The molecule has 0 radical (unpaired) electrons. The molecular weight excluding hydrogens is 304 g/mol. The molecule has 5 nitrogen and oxygen atoms in total. The summed E-state index contributed by atoms with van der Waals surface area (Å²) in [5.41, 5.74) is 2.83. The fourth-order valence-electron chi connectivity index (χ4n) is 3.37. The summed E-state index contributed by atoms with van der Waals surface area (Å²) in [6, 6.07) is 6.06. The Morgan fingerprint density at radius 3 is 2.88 bits per heavy atom. The zero-order chi connectivity index (χ0) is 17.3. The molecule has 1 saturated heterocycles. The quantitative estimate of drug-likeness (QED) is 0.868. The van der Waals surface area contributed by atoms with Crippen LogP contribution in [0, 0.1) is 19.8 Å². The molecule has 0 bridgehead atoms. The summed E-state index contributed by atoms with van der Waals surface area (Å²) in [6.45, 7) is 7.47. The zero-order valence-electron chi connectivity index (χ0n) is 15.0. The van der Waals surface area contributed by atoms with Crippen LogP contribution in [0.2, 0.25) is 0 Å². The van der Waals surface area contributed by atoms with Crippen LogP contribution in [0.1, 0.15) is 21.7 Å². The predicted molar refractivity (Wildman–Crippen MR) is 94.5 cm³/mol. The molecule has 2 aromatic rings. The molecule has 1 atom stereocenters. The third-order valence-corrected chi connectivity index (χ3v) is 4.54. The van der Waals surface area contributed by atoms with Crippen molar-refractivity contribution in [1.82, 2.24) is 9.80 Å². The molecule has 2 heterocycles. The van der Waals surface area contributed by atoms with E-state index in [0.29, 0.717) is 38.0 Å². The number of ether oxygens (including phenoxy) is 1. The lowest BCUT2D eigenvalue weighted by molar-refractivity contribution is 0.0704. The summed E-state index contributed by atoms with van der Waals surface area (Å²) in [5, 5.41) is 1.01. The van der Waals surface area contributed by atoms with Gasteiger partial charge < -0.3 is 19.0 Å². The summed E-state index contributed by atoms with van der Waals surface area (Å²) in [4.78, 5) is 17.0. The largest absolute Gasteiger partial charge is 0.451 e. The lowest BCUT2D eigenvalue weighted by atomic mass is 10.1. The first kappa shape index (κ1) is 17.0. The van der Waals surface area contributed by atoms with E-state index in [1.807, 2.05) is 51.0 Å². The van der Waals surface area contributed by atoms with Crippen molar-refractivity contribution in [3.05, 3.63) is 35.1 Å². The Labute approximate surface area is 143 Å². The Bertz CT molecular complexity index is 736. The number of nitrogens with zero attached hydrogens (tertiary/aromatic N) is 2. The highest BCUT2D eigenvalue weighted by Gasteiger charge is 2.27. The minimum atomic E-state index is -0.0318. The second kappa shape index (κ2) is 6.95. The van der Waals surface area contributed by atoms with Crippen molar-refractivity contribution in [2.45, 2.75) is 13.8 Å². The monoisotopic (exact) mass is 330 g/mol. The number of fused-ring (bicyclic) bond motifs is 1. The maximum atomic E-state index is 13.0. The van der Waals surface area contributed by atoms with Crippen LogP contribution in [0.4, 0.5) is 0 Å². The van der Waals surface area contributed by atoms with Crippen molar-refractivity contribution in [2.75, 3.05) is 46.9 Å². The number of benzene rings is 1. The van der Waals surface area contributed by atoms with Gasteiger partial charge >= 0.3 is 0 Å². The van der Waals surface area contributed by atoms with Crippen molar-refractivity contribution in [3.8, 4) is 0 Å². The molecule has 0 N–H and O–H groups in total. The number of rotatable bonds is 3. The average molecular weight is 330 g/mol. The third kappa shape index (κ3) is 3.47. The molecule has 1 aromatic carbocycles. The van der Waals surface area contributed by atoms with Crippen molar-refractivity contribution < 1.29 is 13.9 Å². The average Bonchev–Trinajstić information content (AvgIpc) is 2.70. The van der Waals surface area contributed by atoms with E-state index in [1.54, 1.807) is 0 Å². The summed E-state index contributed by atoms with van der Waals surface area (Å²) in [5.74, 6) is 0.745. The topological polar surface area (TPSA) is 45.9 Å². The zero-order valence-corrected chi connectivity index (χ0v) is 15.0. The van der Waals surface area contributed by atoms with Gasteiger partial charge in [0.15, 0.2) is 5.76 Å². The maximum absolute atomic E-state index is 13.0. The number of hydrogen-bond donors (Lipinski definition) is 0. The Morgan fingerprint density at radius 2 is 2.12 bits per heavy atom. The molecule has 0 aliphatic carbocycles. The van der Waals surface area contributed by atoms with Gasteiger partial charge in [0.25, 0.3) is 5.91 Å². The highest BCUT2D eigenvalue weighted by Crippen LogP contribution is 2.27. The number of carbonyl (C=O) groups is 1. The van der Waals surface area contributed by atoms with E-state index < -0.39 is 0 Å². The van der Waals surface area contributed by atoms with Gasteiger partial charge in [-0.15, -0.1) is 0 Å². The molecule has 1 aliphatic rings. The van der Waals surface area contributed by atoms with Crippen LogP contribution in [0.5, 0.6) is 0 Å². The number of carbonyl (C=O) groups excluding carboxylic acids is 1. The van der Waals surface area contributed by atoms with E-state index in [4.69, 9.17) is 9.15 Å². The van der Waals surface area contributed by atoms with Gasteiger partial charge in [0, 0.05) is 36.5 Å². The second-order valence-corrected chi connectivity index (χ2v) is 7.01. The predicted octanol–water partition coefficient (Wildman–Crippen LogP) is 2.70. The number of furan rings is 1. The van der Waals surface area contributed by atoms with Crippen molar-refractivity contribution >= 4 is 16.9 Å². The Hall–Kier alpha value is -1.85. The van der Waals surface area contributed by atoms with E-state index in [2.05, 4.69) is 4.90 Å². The number of aryl methyl sites for hydroxylation is 2. The van der Waals surface area contributed by atoms with Crippen LogP contribution in [0.3, 0.4) is 0 Å². The van der Waals surface area contributed by atoms with E-state index in [1.165, 1.54) is 0 Å². The van der Waals surface area contributed by atoms with Gasteiger partial charge in [0.05, 0.1) is 13.2 Å². The second-order valence-electron chi connectivity index (χ2n) is 7.01. The summed E-state index contributed by atoms with van der Waals surface area (Å²) in [6.07, 6.45) is 0. The molecule has 5 heteroatoms. The number of hydrogen-bond acceptors (Lipinski definition) is 4. The molecule has 1 aliphatic heterocycles. The van der Waals surface area contributed by atoms with Crippen molar-refractivity contribution in [2.24, 2.45) is 5.92 Å². The Kier molecular flexibility index (Phi) is 4.92. The van der Waals surface area contributed by atoms with E-state index in [-0.39, 0.29) is 5.91 Å². The normalized spacial score (nSPS) is 19.0. The van der Waals surface area contributed by atoms with E-state index in [9.17, 15) is 4.79 Å². The molecule has 3 rings (SSSR count). The molecule has 1 fully saturated rings. The van der Waals surface area contributed by atoms with Crippen LogP contribution in [-0.2, 0) is 4.74 Å². The van der Waals surface area contributed by atoms with Gasteiger partial charge in [-0.2, -0.15) is 0 Å². The van der Waals surface area contributed by atoms with Gasteiger partial charge in [-0.3, -0.25) is 4.79 Å². The van der Waals surface area contributed by atoms with Gasteiger partial charge in [-0.25, -0.2) is 0 Å². The number of amides is 1. The first-order valence-electron chi connectivity index (χ1n) is 8.47. The molecule has 0 saturated carbocycles. The fourth-order valence-corrected chi connectivity index (χ4v) is 3.37. The SMILES string of the molecule is Cc1ccc2c(C)c(C(=O)N3CCOC[C@@H](CN(C)C)C3)oc2c1. The van der Waals surface area contributed by atoms with Gasteiger partial charge in [-0.1, -0.05) is 12.1 Å². The lowest BCUT2D eigenvalue weighted by Crippen LogP contribution is -2.38. The van der Waals surface area contributed by atoms with Crippen LogP contribution in [-0.4, -0.2) is 62.7 Å². The third-order valence-electron chi connectivity index (χ3n) is 4.54. The summed E-state index contributed by atoms with van der Waals surface area (Å²) >= 11 is 0. The highest BCUT2D eigenvalue weighted by atomic mass is 16.5. The standard InChI is InChI=1S/C19H26N2O3/c1-13-5-6-16-14(2)18(24-17(16)9-13)19(22)21-7-8-23-12-15(11-21)10-20(3)4/h5-6,9,15H,7-8,10-12H2,1-4H3/t15-/m0/s1. The smallest absolute Gasteiger partial charge is 0.289 e. The summed E-state index contributed by atoms with van der Waals surface area (Å²) in [7, 11) is 4.09. The Balaban J connectivity index is 1.86. The molecule has 0 unspecified atom stereocenters. The fraction of sp³-hybridized carbons (Fsp3) is 0.526. The van der Waals surface area contributed by atoms with E-state index >= 15 is 0 Å². The van der Waals surface area contributed by atoms with Crippen molar-refractivity contribution in [1.29, 1.82) is 0 Å². The molecule has 24 heavy (non-hydrogen) atoms. The van der Waals surface area contributed by atoms with Gasteiger partial charge in [0.1, 0.15) is 5.58 Å². The molecular formula is C19H26N2O3. The first-order valence-corrected chi connectivity index (χ1v) is 8.47. The van der Waals surface area contributed by atoms with Gasteiger partial charge in [0.2, 0.25) is 0 Å². The minimum absolute atomic E-state index is 0.0318. The van der Waals surface area contributed by atoms with Crippen LogP contribution >= 0.6 is 0 Å². The summed E-state index contributed by atoms with van der Waals surface area (Å²) < 4.78 is 11.6. The molecule has 0 spiro atoms. The molecule has 1 aromatic heterocycles. The van der Waals surface area contributed by atoms with E-state index in [0.717, 1.165) is 28.6 Å². The van der Waals surface area contributed by atoms with Crippen LogP contribution in [0.25, 0.3) is 11.0 Å². The van der Waals surface area contributed by atoms with Crippen LogP contribution in [0.15, 0.2) is 22.6 Å². The first-order chi connectivity index (χ1) is 11.5. The molecule has 1 amide bonds. The maximum Gasteiger partial charge on any atom is 0.289 e. The lowest BCUT2D eigenvalue weighted by Gasteiger charge is -2.24. The van der Waals surface area contributed by atoms with Crippen LogP contribution < -0.4 is 0 Å². The highest BCUT2D eigenvalue weighted by molar-refractivity contribution is 5.99. The minimum Gasteiger partial charge on any atom is -0.451 e. The molecule has 130 valence electrons.